The molecule has 0 aliphatic heterocycles. The first kappa shape index (κ1) is 15.5. The van der Waals surface area contributed by atoms with Gasteiger partial charge in [-0.3, -0.25) is 0 Å². The fourth-order valence-corrected chi connectivity index (χ4v) is 1.73. The van der Waals surface area contributed by atoms with E-state index in [-0.39, 0.29) is 17.3 Å². The largest absolute Gasteiger partial charge is 0.493 e. The zero-order chi connectivity index (χ0) is 14.5. The maximum absolute atomic E-state index is 13.7. The summed E-state index contributed by atoms with van der Waals surface area (Å²) in [6.07, 6.45) is 1.52. The van der Waals surface area contributed by atoms with Crippen LogP contribution in [0.3, 0.4) is 0 Å². The molecule has 3 nitrogen and oxygen atoms in total. The van der Waals surface area contributed by atoms with Crippen LogP contribution < -0.4 is 10.5 Å². The van der Waals surface area contributed by atoms with E-state index in [1.807, 2.05) is 13.8 Å². The molecule has 0 saturated carbocycles. The van der Waals surface area contributed by atoms with Crippen molar-refractivity contribution in [1.82, 2.24) is 0 Å². The molecule has 1 rings (SSSR count). The first-order chi connectivity index (χ1) is 8.85. The fraction of sp³-hybridized carbons (Fsp3) is 0.533. The van der Waals surface area contributed by atoms with E-state index >= 15 is 0 Å². The molecule has 0 spiro atoms. The minimum Gasteiger partial charge on any atom is -0.493 e. The minimum absolute atomic E-state index is 0.328. The Morgan fingerprint density at radius 2 is 2.16 bits per heavy atom. The molecule has 0 aromatic heterocycles. The molecule has 0 aliphatic rings. The standard InChI is InChI=1S/C15H21FN2O/c1-11(18)13-6-5-12(9-14(13)16)19-8-4-7-15(2,3)10-17/h5-6,9,11H,4,7-8,18H2,1-3H3/t11-/m0/s1. The molecule has 0 bridgehead atoms. The third-order valence-corrected chi connectivity index (χ3v) is 2.98. The third kappa shape index (κ3) is 4.88. The predicted molar refractivity (Wildman–Crippen MR) is 73.1 cm³/mol. The van der Waals surface area contributed by atoms with Gasteiger partial charge in [0.15, 0.2) is 0 Å². The van der Waals surface area contributed by atoms with Crippen molar-refractivity contribution in [2.45, 2.75) is 39.7 Å². The highest BCUT2D eigenvalue weighted by atomic mass is 19.1. The average Bonchev–Trinajstić information content (AvgIpc) is 2.34. The molecule has 0 unspecified atom stereocenters. The Morgan fingerprint density at radius 1 is 1.47 bits per heavy atom. The molecular formula is C15H21FN2O. The lowest BCUT2D eigenvalue weighted by Gasteiger charge is -2.15. The van der Waals surface area contributed by atoms with Gasteiger partial charge in [0.2, 0.25) is 0 Å². The van der Waals surface area contributed by atoms with Crippen molar-refractivity contribution in [2.75, 3.05) is 6.61 Å². The van der Waals surface area contributed by atoms with Gasteiger partial charge in [0.05, 0.1) is 18.1 Å². The van der Waals surface area contributed by atoms with Crippen LogP contribution in [0, 0.1) is 22.6 Å². The topological polar surface area (TPSA) is 59.0 Å². The van der Waals surface area contributed by atoms with E-state index in [2.05, 4.69) is 6.07 Å². The summed E-state index contributed by atoms with van der Waals surface area (Å²) < 4.78 is 19.1. The maximum Gasteiger partial charge on any atom is 0.131 e. The Bertz CT molecular complexity index is 464. The average molecular weight is 264 g/mol. The van der Waals surface area contributed by atoms with Crippen LogP contribution in [0.1, 0.15) is 45.2 Å². The first-order valence-electron chi connectivity index (χ1n) is 6.45. The summed E-state index contributed by atoms with van der Waals surface area (Å²) >= 11 is 0. The number of hydrogen-bond donors (Lipinski definition) is 1. The lowest BCUT2D eigenvalue weighted by molar-refractivity contribution is 0.283. The molecule has 0 heterocycles. The molecule has 0 amide bonds. The van der Waals surface area contributed by atoms with Crippen LogP contribution in [0.2, 0.25) is 0 Å². The number of halogens is 1. The zero-order valence-corrected chi connectivity index (χ0v) is 11.7. The second-order valence-electron chi connectivity index (χ2n) is 5.42. The van der Waals surface area contributed by atoms with Gasteiger partial charge in [0.1, 0.15) is 11.6 Å². The number of ether oxygens (including phenoxy) is 1. The molecule has 0 radical (unpaired) electrons. The van der Waals surface area contributed by atoms with Gasteiger partial charge >= 0.3 is 0 Å². The molecule has 0 fully saturated rings. The van der Waals surface area contributed by atoms with Crippen molar-refractivity contribution in [3.05, 3.63) is 29.6 Å². The summed E-state index contributed by atoms with van der Waals surface area (Å²) in [7, 11) is 0. The van der Waals surface area contributed by atoms with E-state index in [4.69, 9.17) is 15.7 Å². The van der Waals surface area contributed by atoms with Crippen molar-refractivity contribution in [2.24, 2.45) is 11.1 Å². The van der Waals surface area contributed by atoms with Crippen molar-refractivity contribution < 1.29 is 9.13 Å². The highest BCUT2D eigenvalue weighted by Crippen LogP contribution is 2.23. The molecule has 1 atom stereocenters. The molecule has 4 heteroatoms. The molecule has 2 N–H and O–H groups in total. The quantitative estimate of drug-likeness (QED) is 0.799. The van der Waals surface area contributed by atoms with Gasteiger partial charge in [-0.15, -0.1) is 0 Å². The van der Waals surface area contributed by atoms with E-state index in [9.17, 15) is 4.39 Å². The van der Waals surface area contributed by atoms with E-state index in [1.165, 1.54) is 6.07 Å². The Morgan fingerprint density at radius 3 is 2.68 bits per heavy atom. The van der Waals surface area contributed by atoms with Gasteiger partial charge in [-0.05, 0) is 39.7 Å². The van der Waals surface area contributed by atoms with Crippen LogP contribution in [0.25, 0.3) is 0 Å². The maximum atomic E-state index is 13.7. The minimum atomic E-state index is -0.343. The number of nitrogens with two attached hydrogens (primary N) is 1. The Hall–Kier alpha value is -1.60. The van der Waals surface area contributed by atoms with Gasteiger partial charge in [-0.25, -0.2) is 4.39 Å². The molecule has 104 valence electrons. The number of nitriles is 1. The number of rotatable bonds is 6. The normalized spacial score (nSPS) is 12.8. The summed E-state index contributed by atoms with van der Waals surface area (Å²) in [5.74, 6) is 0.154. The van der Waals surface area contributed by atoms with Gasteiger partial charge in [0.25, 0.3) is 0 Å². The third-order valence-electron chi connectivity index (χ3n) is 2.98. The van der Waals surface area contributed by atoms with Crippen LogP contribution in [-0.4, -0.2) is 6.61 Å². The summed E-state index contributed by atoms with van der Waals surface area (Å²) in [5.41, 5.74) is 5.78. The lowest BCUT2D eigenvalue weighted by atomic mass is 9.90. The summed E-state index contributed by atoms with van der Waals surface area (Å²) in [4.78, 5) is 0. The molecule has 1 aromatic carbocycles. The number of hydrogen-bond acceptors (Lipinski definition) is 3. The second kappa shape index (κ2) is 6.53. The van der Waals surface area contributed by atoms with Gasteiger partial charge in [-0.1, -0.05) is 6.07 Å². The smallest absolute Gasteiger partial charge is 0.131 e. The Labute approximate surface area is 114 Å². The van der Waals surface area contributed by atoms with Crippen molar-refractivity contribution in [3.8, 4) is 11.8 Å². The van der Waals surface area contributed by atoms with Crippen LogP contribution in [-0.2, 0) is 0 Å². The fourth-order valence-electron chi connectivity index (χ4n) is 1.73. The molecule has 0 saturated heterocycles. The monoisotopic (exact) mass is 264 g/mol. The van der Waals surface area contributed by atoms with Crippen LogP contribution in [0.15, 0.2) is 18.2 Å². The van der Waals surface area contributed by atoms with E-state index in [1.54, 1.807) is 19.1 Å². The predicted octanol–water partition coefficient (Wildman–Crippen LogP) is 3.55. The van der Waals surface area contributed by atoms with Crippen LogP contribution in [0.4, 0.5) is 4.39 Å². The first-order valence-corrected chi connectivity index (χ1v) is 6.45. The summed E-state index contributed by atoms with van der Waals surface area (Å²) in [6.45, 7) is 6.00. The van der Waals surface area contributed by atoms with E-state index < -0.39 is 0 Å². The number of benzene rings is 1. The highest BCUT2D eigenvalue weighted by molar-refractivity contribution is 5.30. The lowest BCUT2D eigenvalue weighted by Crippen LogP contribution is -2.10. The molecule has 0 aliphatic carbocycles. The Kier molecular flexibility index (Phi) is 5.31. The van der Waals surface area contributed by atoms with Gasteiger partial charge < -0.3 is 10.5 Å². The van der Waals surface area contributed by atoms with Crippen LogP contribution >= 0.6 is 0 Å². The molecule has 1 aromatic rings. The van der Waals surface area contributed by atoms with Crippen molar-refractivity contribution in [1.29, 1.82) is 5.26 Å². The molecule has 19 heavy (non-hydrogen) atoms. The zero-order valence-electron chi connectivity index (χ0n) is 11.7. The summed E-state index contributed by atoms with van der Waals surface area (Å²) in [6, 6.07) is 6.63. The van der Waals surface area contributed by atoms with Crippen LogP contribution in [0.5, 0.6) is 5.75 Å². The molecular weight excluding hydrogens is 243 g/mol. The Balaban J connectivity index is 2.47. The van der Waals surface area contributed by atoms with Crippen molar-refractivity contribution in [3.63, 3.8) is 0 Å². The highest BCUT2D eigenvalue weighted by Gasteiger charge is 2.15. The summed E-state index contributed by atoms with van der Waals surface area (Å²) in [5, 5.41) is 8.88. The SMILES string of the molecule is C[C@H](N)c1ccc(OCCCC(C)(C)C#N)cc1F. The van der Waals surface area contributed by atoms with Gasteiger partial charge in [-0.2, -0.15) is 5.26 Å². The van der Waals surface area contributed by atoms with E-state index in [0.29, 0.717) is 17.9 Å². The van der Waals surface area contributed by atoms with Gasteiger partial charge in [0, 0.05) is 17.7 Å². The van der Waals surface area contributed by atoms with E-state index in [0.717, 1.165) is 12.8 Å². The second-order valence-corrected chi connectivity index (χ2v) is 5.42. The van der Waals surface area contributed by atoms with Crippen molar-refractivity contribution >= 4 is 0 Å². The number of nitrogens with zero attached hydrogens (tertiary/aromatic N) is 1.